The Kier molecular flexibility index (Phi) is 4.21. The monoisotopic (exact) mass is 301 g/mol. The second kappa shape index (κ2) is 5.93. The molecule has 0 bridgehead atoms. The lowest BCUT2D eigenvalue weighted by Gasteiger charge is -2.21. The van der Waals surface area contributed by atoms with Crippen LogP contribution in [-0.2, 0) is 5.41 Å². The van der Waals surface area contributed by atoms with Crippen molar-refractivity contribution in [2.75, 3.05) is 10.9 Å². The second-order valence-corrected chi connectivity index (χ2v) is 6.01. The predicted octanol–water partition coefficient (Wildman–Crippen LogP) is 4.04. The Morgan fingerprint density at radius 1 is 1.05 bits per heavy atom. The first-order chi connectivity index (χ1) is 10.3. The van der Waals surface area contributed by atoms with Crippen LogP contribution in [0.25, 0.3) is 0 Å². The van der Waals surface area contributed by atoms with E-state index in [1.54, 1.807) is 24.3 Å². The minimum absolute atomic E-state index is 0.0403. The van der Waals surface area contributed by atoms with Gasteiger partial charge < -0.3 is 5.11 Å². The summed E-state index contributed by atoms with van der Waals surface area (Å²) in [4.78, 5) is 10.5. The summed E-state index contributed by atoms with van der Waals surface area (Å²) < 4.78 is 0. The van der Waals surface area contributed by atoms with Gasteiger partial charge in [-0.1, -0.05) is 39.0 Å². The van der Waals surface area contributed by atoms with Gasteiger partial charge in [0.05, 0.1) is 10.6 Å². The molecule has 0 unspecified atom stereocenters. The van der Waals surface area contributed by atoms with Gasteiger partial charge in [0.15, 0.2) is 0 Å². The molecule has 0 atom stereocenters. The third-order valence-corrected chi connectivity index (χ3v) is 3.30. The van der Waals surface area contributed by atoms with Crippen molar-refractivity contribution in [1.82, 2.24) is 0 Å². The Labute approximate surface area is 128 Å². The molecule has 3 N–H and O–H groups in total. The van der Waals surface area contributed by atoms with Crippen molar-refractivity contribution < 1.29 is 10.0 Å². The number of hydrogen-bond acceptors (Lipinski definition) is 5. The molecule has 0 aromatic heterocycles. The number of nitrogens with zero attached hydrogens (tertiary/aromatic N) is 1. The van der Waals surface area contributed by atoms with Crippen molar-refractivity contribution in [3.8, 4) is 5.75 Å². The SMILES string of the molecule is CC(C)(C)c1ccc(O)c(NNc2ccccc2[N+](=O)[O-])c1. The summed E-state index contributed by atoms with van der Waals surface area (Å²) in [5, 5.41) is 20.9. The normalized spacial score (nSPS) is 11.0. The van der Waals surface area contributed by atoms with Crippen molar-refractivity contribution in [1.29, 1.82) is 0 Å². The molecule has 0 heterocycles. The maximum absolute atomic E-state index is 11.0. The first kappa shape index (κ1) is 15.6. The van der Waals surface area contributed by atoms with Gasteiger partial charge in [-0.2, -0.15) is 0 Å². The zero-order valence-electron chi connectivity index (χ0n) is 12.8. The van der Waals surface area contributed by atoms with Crippen molar-refractivity contribution in [2.24, 2.45) is 0 Å². The maximum Gasteiger partial charge on any atom is 0.294 e. The van der Waals surface area contributed by atoms with Gasteiger partial charge in [-0.3, -0.25) is 21.0 Å². The van der Waals surface area contributed by atoms with Gasteiger partial charge in [-0.15, -0.1) is 0 Å². The zero-order valence-corrected chi connectivity index (χ0v) is 12.8. The van der Waals surface area contributed by atoms with E-state index in [2.05, 4.69) is 31.6 Å². The summed E-state index contributed by atoms with van der Waals surface area (Å²) in [6, 6.07) is 11.6. The average molecular weight is 301 g/mol. The summed E-state index contributed by atoms with van der Waals surface area (Å²) in [5.41, 5.74) is 7.33. The van der Waals surface area contributed by atoms with Crippen molar-refractivity contribution >= 4 is 17.1 Å². The van der Waals surface area contributed by atoms with Crippen LogP contribution >= 0.6 is 0 Å². The molecule has 0 saturated carbocycles. The van der Waals surface area contributed by atoms with E-state index in [0.717, 1.165) is 5.56 Å². The summed E-state index contributed by atoms with van der Waals surface area (Å²) in [7, 11) is 0. The van der Waals surface area contributed by atoms with Gasteiger partial charge in [0, 0.05) is 6.07 Å². The van der Waals surface area contributed by atoms with E-state index in [1.165, 1.54) is 6.07 Å². The van der Waals surface area contributed by atoms with E-state index >= 15 is 0 Å². The molecule has 0 spiro atoms. The minimum Gasteiger partial charge on any atom is -0.506 e. The van der Waals surface area contributed by atoms with E-state index in [4.69, 9.17) is 0 Å². The number of para-hydroxylation sites is 2. The van der Waals surface area contributed by atoms with E-state index in [1.807, 2.05) is 12.1 Å². The molecule has 0 radical (unpaired) electrons. The quantitative estimate of drug-likeness (QED) is 0.451. The molecule has 2 aromatic rings. The van der Waals surface area contributed by atoms with E-state index in [0.29, 0.717) is 11.4 Å². The van der Waals surface area contributed by atoms with Crippen LogP contribution in [0.2, 0.25) is 0 Å². The van der Waals surface area contributed by atoms with Gasteiger partial charge >= 0.3 is 0 Å². The number of anilines is 2. The van der Waals surface area contributed by atoms with Crippen LogP contribution in [0.1, 0.15) is 26.3 Å². The molecule has 0 amide bonds. The Bertz CT molecular complexity index is 693. The topological polar surface area (TPSA) is 87.4 Å². The molecule has 6 nitrogen and oxygen atoms in total. The first-order valence-corrected chi connectivity index (χ1v) is 6.88. The molecule has 0 saturated heterocycles. The summed E-state index contributed by atoms with van der Waals surface area (Å²) >= 11 is 0. The van der Waals surface area contributed by atoms with E-state index in [9.17, 15) is 15.2 Å². The van der Waals surface area contributed by atoms with Crippen LogP contribution < -0.4 is 10.9 Å². The van der Waals surface area contributed by atoms with Crippen LogP contribution in [0, 0.1) is 10.1 Å². The van der Waals surface area contributed by atoms with Crippen LogP contribution in [-0.4, -0.2) is 10.0 Å². The fraction of sp³-hybridized carbons (Fsp3) is 0.250. The number of hydrazine groups is 1. The highest BCUT2D eigenvalue weighted by Crippen LogP contribution is 2.31. The van der Waals surface area contributed by atoms with Gasteiger partial charge in [-0.05, 0) is 29.2 Å². The maximum atomic E-state index is 11.0. The number of phenols is 1. The molecule has 2 aromatic carbocycles. The number of aromatic hydroxyl groups is 1. The average Bonchev–Trinajstić information content (AvgIpc) is 2.45. The largest absolute Gasteiger partial charge is 0.506 e. The van der Waals surface area contributed by atoms with E-state index in [-0.39, 0.29) is 16.9 Å². The molecule has 0 aliphatic heterocycles. The molecule has 6 heteroatoms. The fourth-order valence-electron chi connectivity index (χ4n) is 1.98. The van der Waals surface area contributed by atoms with Gasteiger partial charge in [-0.25, -0.2) is 0 Å². The molecule has 0 fully saturated rings. The van der Waals surface area contributed by atoms with Crippen LogP contribution in [0.3, 0.4) is 0 Å². The number of nitro groups is 1. The van der Waals surface area contributed by atoms with Crippen molar-refractivity contribution in [3.63, 3.8) is 0 Å². The highest BCUT2D eigenvalue weighted by atomic mass is 16.6. The Hall–Kier alpha value is -2.76. The van der Waals surface area contributed by atoms with Crippen LogP contribution in [0.15, 0.2) is 42.5 Å². The van der Waals surface area contributed by atoms with Gasteiger partial charge in [0.1, 0.15) is 11.4 Å². The molecule has 0 aliphatic carbocycles. The third-order valence-electron chi connectivity index (χ3n) is 3.30. The standard InChI is InChI=1S/C16H19N3O3/c1-16(2,3)11-8-9-15(20)13(10-11)18-17-12-6-4-5-7-14(12)19(21)22/h4-10,17-18,20H,1-3H3. The third kappa shape index (κ3) is 3.46. The lowest BCUT2D eigenvalue weighted by atomic mass is 9.87. The number of nitrogens with one attached hydrogen (secondary N) is 2. The van der Waals surface area contributed by atoms with Crippen LogP contribution in [0.4, 0.5) is 17.1 Å². The summed E-state index contributed by atoms with van der Waals surface area (Å²) in [6.45, 7) is 6.20. The first-order valence-electron chi connectivity index (χ1n) is 6.88. The minimum atomic E-state index is -0.463. The van der Waals surface area contributed by atoms with Crippen molar-refractivity contribution in [3.05, 3.63) is 58.1 Å². The summed E-state index contributed by atoms with van der Waals surface area (Å²) in [5.74, 6) is 0.0686. The van der Waals surface area contributed by atoms with Crippen LogP contribution in [0.5, 0.6) is 5.75 Å². The summed E-state index contributed by atoms with van der Waals surface area (Å²) in [6.07, 6.45) is 0. The van der Waals surface area contributed by atoms with Crippen molar-refractivity contribution in [2.45, 2.75) is 26.2 Å². The Morgan fingerprint density at radius 3 is 2.32 bits per heavy atom. The number of rotatable bonds is 4. The molecular weight excluding hydrogens is 282 g/mol. The number of hydrogen-bond donors (Lipinski definition) is 3. The highest BCUT2D eigenvalue weighted by Gasteiger charge is 2.16. The highest BCUT2D eigenvalue weighted by molar-refractivity contribution is 5.66. The smallest absolute Gasteiger partial charge is 0.294 e. The number of benzene rings is 2. The fourth-order valence-corrected chi connectivity index (χ4v) is 1.98. The second-order valence-electron chi connectivity index (χ2n) is 6.01. The Balaban J connectivity index is 2.24. The lowest BCUT2D eigenvalue weighted by molar-refractivity contribution is -0.383. The lowest BCUT2D eigenvalue weighted by Crippen LogP contribution is -2.14. The molecule has 2 rings (SSSR count). The molecular formula is C16H19N3O3. The Morgan fingerprint density at radius 2 is 1.68 bits per heavy atom. The zero-order chi connectivity index (χ0) is 16.3. The van der Waals surface area contributed by atoms with E-state index < -0.39 is 4.92 Å². The molecule has 22 heavy (non-hydrogen) atoms. The number of nitro benzene ring substituents is 1. The number of phenolic OH excluding ortho intramolecular Hbond substituents is 1. The van der Waals surface area contributed by atoms with Gasteiger partial charge in [0.25, 0.3) is 5.69 Å². The molecule has 0 aliphatic rings. The predicted molar refractivity (Wildman–Crippen MR) is 87.1 cm³/mol. The van der Waals surface area contributed by atoms with Gasteiger partial charge in [0.2, 0.25) is 0 Å². The molecule has 116 valence electrons.